The fourth-order valence-electron chi connectivity index (χ4n) is 1.33. The van der Waals surface area contributed by atoms with E-state index in [0.29, 0.717) is 23.6 Å². The molecule has 0 saturated heterocycles. The SMILES string of the molecule is Cc1cc(C(=O)NCCCC(=O)O)ccc1Cl. The van der Waals surface area contributed by atoms with Crippen molar-refractivity contribution in [1.82, 2.24) is 5.32 Å². The second-order valence-corrected chi connectivity index (χ2v) is 4.12. The van der Waals surface area contributed by atoms with Gasteiger partial charge in [0.1, 0.15) is 0 Å². The van der Waals surface area contributed by atoms with Gasteiger partial charge in [-0.1, -0.05) is 11.6 Å². The van der Waals surface area contributed by atoms with Crippen molar-refractivity contribution in [1.29, 1.82) is 0 Å². The van der Waals surface area contributed by atoms with Crippen molar-refractivity contribution in [3.8, 4) is 0 Å². The molecule has 0 bridgehead atoms. The van der Waals surface area contributed by atoms with Gasteiger partial charge in [-0.3, -0.25) is 9.59 Å². The van der Waals surface area contributed by atoms with Gasteiger partial charge in [0.2, 0.25) is 0 Å². The van der Waals surface area contributed by atoms with Crippen molar-refractivity contribution in [3.05, 3.63) is 34.3 Å². The van der Waals surface area contributed by atoms with Gasteiger partial charge < -0.3 is 10.4 Å². The number of nitrogens with one attached hydrogen (secondary N) is 1. The largest absolute Gasteiger partial charge is 0.481 e. The normalized spacial score (nSPS) is 10.0. The highest BCUT2D eigenvalue weighted by Gasteiger charge is 2.06. The fourth-order valence-corrected chi connectivity index (χ4v) is 1.45. The van der Waals surface area contributed by atoms with Crippen molar-refractivity contribution >= 4 is 23.5 Å². The lowest BCUT2D eigenvalue weighted by molar-refractivity contribution is -0.137. The molecule has 5 heteroatoms. The minimum atomic E-state index is -0.860. The highest BCUT2D eigenvalue weighted by Crippen LogP contribution is 2.16. The van der Waals surface area contributed by atoms with E-state index < -0.39 is 5.97 Å². The molecular formula is C12H14ClNO3. The van der Waals surface area contributed by atoms with E-state index >= 15 is 0 Å². The standard InChI is InChI=1S/C12H14ClNO3/c1-8-7-9(4-5-10(8)13)12(17)14-6-2-3-11(15)16/h4-5,7H,2-3,6H2,1H3,(H,14,17)(H,15,16). The van der Waals surface area contributed by atoms with Crippen molar-refractivity contribution in [2.45, 2.75) is 19.8 Å². The number of carbonyl (C=O) groups is 2. The van der Waals surface area contributed by atoms with Crippen LogP contribution >= 0.6 is 11.6 Å². The lowest BCUT2D eigenvalue weighted by atomic mass is 10.1. The van der Waals surface area contributed by atoms with E-state index in [1.54, 1.807) is 18.2 Å². The predicted octanol–water partition coefficient (Wildman–Crippen LogP) is 2.24. The van der Waals surface area contributed by atoms with Gasteiger partial charge in [-0.15, -0.1) is 0 Å². The van der Waals surface area contributed by atoms with Gasteiger partial charge in [0.25, 0.3) is 5.91 Å². The summed E-state index contributed by atoms with van der Waals surface area (Å²) in [6, 6.07) is 5.01. The molecule has 0 aliphatic rings. The number of rotatable bonds is 5. The first kappa shape index (κ1) is 13.5. The smallest absolute Gasteiger partial charge is 0.303 e. The fraction of sp³-hybridized carbons (Fsp3) is 0.333. The monoisotopic (exact) mass is 255 g/mol. The molecule has 0 unspecified atom stereocenters. The number of hydrogen-bond donors (Lipinski definition) is 2. The molecule has 0 spiro atoms. The maximum Gasteiger partial charge on any atom is 0.303 e. The van der Waals surface area contributed by atoms with Crippen LogP contribution in [0.2, 0.25) is 5.02 Å². The van der Waals surface area contributed by atoms with E-state index in [-0.39, 0.29) is 12.3 Å². The molecule has 0 atom stereocenters. The summed E-state index contributed by atoms with van der Waals surface area (Å²) in [6.07, 6.45) is 0.480. The van der Waals surface area contributed by atoms with Crippen LogP contribution in [-0.2, 0) is 4.79 Å². The van der Waals surface area contributed by atoms with E-state index in [1.165, 1.54) is 0 Å². The van der Waals surface area contributed by atoms with Crippen LogP contribution < -0.4 is 5.32 Å². The number of halogens is 1. The van der Waals surface area contributed by atoms with Crippen LogP contribution in [0.3, 0.4) is 0 Å². The molecule has 1 aromatic carbocycles. The van der Waals surface area contributed by atoms with Gasteiger partial charge in [0, 0.05) is 23.6 Å². The predicted molar refractivity (Wildman–Crippen MR) is 65.4 cm³/mol. The molecule has 1 rings (SSSR count). The number of benzene rings is 1. The Hall–Kier alpha value is -1.55. The van der Waals surface area contributed by atoms with Crippen molar-refractivity contribution in [2.75, 3.05) is 6.54 Å². The van der Waals surface area contributed by atoms with E-state index in [1.807, 2.05) is 6.92 Å². The number of hydrogen-bond acceptors (Lipinski definition) is 2. The third kappa shape index (κ3) is 4.44. The van der Waals surface area contributed by atoms with Gasteiger partial charge >= 0.3 is 5.97 Å². The Morgan fingerprint density at radius 2 is 2.12 bits per heavy atom. The summed E-state index contributed by atoms with van der Waals surface area (Å²) in [6.45, 7) is 2.18. The summed E-state index contributed by atoms with van der Waals surface area (Å²) in [4.78, 5) is 21.9. The number of carboxylic acid groups (broad SMARTS) is 1. The number of aryl methyl sites for hydroxylation is 1. The first-order valence-corrected chi connectivity index (χ1v) is 5.64. The second kappa shape index (κ2) is 6.25. The maximum absolute atomic E-state index is 11.7. The molecule has 4 nitrogen and oxygen atoms in total. The molecule has 0 heterocycles. The first-order chi connectivity index (χ1) is 8.00. The summed E-state index contributed by atoms with van der Waals surface area (Å²) in [5.41, 5.74) is 1.37. The van der Waals surface area contributed by atoms with E-state index in [2.05, 4.69) is 5.32 Å². The van der Waals surface area contributed by atoms with Crippen molar-refractivity contribution in [3.63, 3.8) is 0 Å². The summed E-state index contributed by atoms with van der Waals surface area (Å²) < 4.78 is 0. The molecule has 2 N–H and O–H groups in total. The summed E-state index contributed by atoms with van der Waals surface area (Å²) in [5.74, 6) is -1.07. The van der Waals surface area contributed by atoms with Gasteiger partial charge in [-0.2, -0.15) is 0 Å². The Kier molecular flexibility index (Phi) is 4.97. The topological polar surface area (TPSA) is 66.4 Å². The van der Waals surface area contributed by atoms with Crippen LogP contribution in [0.5, 0.6) is 0 Å². The van der Waals surface area contributed by atoms with Gasteiger partial charge in [-0.05, 0) is 37.1 Å². The lowest BCUT2D eigenvalue weighted by Gasteiger charge is -2.05. The molecule has 0 aliphatic carbocycles. The minimum Gasteiger partial charge on any atom is -0.481 e. The molecule has 1 amide bonds. The van der Waals surface area contributed by atoms with Gasteiger partial charge in [-0.25, -0.2) is 0 Å². The molecule has 1 aromatic rings. The lowest BCUT2D eigenvalue weighted by Crippen LogP contribution is -2.24. The van der Waals surface area contributed by atoms with E-state index in [4.69, 9.17) is 16.7 Å². The quantitative estimate of drug-likeness (QED) is 0.793. The zero-order valence-electron chi connectivity index (χ0n) is 9.50. The average Bonchev–Trinajstić information content (AvgIpc) is 2.27. The molecular weight excluding hydrogens is 242 g/mol. The third-order valence-corrected chi connectivity index (χ3v) is 2.70. The Labute approximate surface area is 105 Å². The van der Waals surface area contributed by atoms with E-state index in [0.717, 1.165) is 5.56 Å². The van der Waals surface area contributed by atoms with Crippen LogP contribution in [0.1, 0.15) is 28.8 Å². The average molecular weight is 256 g/mol. The van der Waals surface area contributed by atoms with Crippen LogP contribution in [0.25, 0.3) is 0 Å². The number of carbonyl (C=O) groups excluding carboxylic acids is 1. The van der Waals surface area contributed by atoms with Crippen molar-refractivity contribution < 1.29 is 14.7 Å². The van der Waals surface area contributed by atoms with Crippen LogP contribution in [-0.4, -0.2) is 23.5 Å². The molecule has 0 aliphatic heterocycles. The molecule has 0 radical (unpaired) electrons. The molecule has 0 fully saturated rings. The number of aliphatic carboxylic acids is 1. The van der Waals surface area contributed by atoms with Crippen molar-refractivity contribution in [2.24, 2.45) is 0 Å². The Morgan fingerprint density at radius 1 is 1.41 bits per heavy atom. The van der Waals surface area contributed by atoms with Crippen LogP contribution in [0.4, 0.5) is 0 Å². The third-order valence-electron chi connectivity index (χ3n) is 2.27. The number of amides is 1. The Morgan fingerprint density at radius 3 is 2.71 bits per heavy atom. The van der Waals surface area contributed by atoms with Gasteiger partial charge in [0.15, 0.2) is 0 Å². The Balaban J connectivity index is 2.47. The zero-order chi connectivity index (χ0) is 12.8. The zero-order valence-corrected chi connectivity index (χ0v) is 10.3. The highest BCUT2D eigenvalue weighted by atomic mass is 35.5. The first-order valence-electron chi connectivity index (χ1n) is 5.27. The molecule has 0 saturated carbocycles. The molecule has 92 valence electrons. The molecule has 17 heavy (non-hydrogen) atoms. The second-order valence-electron chi connectivity index (χ2n) is 3.72. The number of carboxylic acids is 1. The van der Waals surface area contributed by atoms with E-state index in [9.17, 15) is 9.59 Å². The highest BCUT2D eigenvalue weighted by molar-refractivity contribution is 6.31. The molecule has 0 aromatic heterocycles. The summed E-state index contributed by atoms with van der Waals surface area (Å²) in [5, 5.41) is 11.7. The minimum absolute atomic E-state index is 0.0555. The summed E-state index contributed by atoms with van der Waals surface area (Å²) in [7, 11) is 0. The van der Waals surface area contributed by atoms with Crippen LogP contribution in [0.15, 0.2) is 18.2 Å². The van der Waals surface area contributed by atoms with Gasteiger partial charge in [0.05, 0.1) is 0 Å². The van der Waals surface area contributed by atoms with Crippen LogP contribution in [0, 0.1) is 6.92 Å². The Bertz CT molecular complexity index is 432. The summed E-state index contributed by atoms with van der Waals surface area (Å²) >= 11 is 5.85. The maximum atomic E-state index is 11.7.